The van der Waals surface area contributed by atoms with Gasteiger partial charge in [0.25, 0.3) is 5.91 Å². The summed E-state index contributed by atoms with van der Waals surface area (Å²) in [6.45, 7) is 0.850. The number of anilines is 1. The van der Waals surface area contributed by atoms with E-state index in [0.717, 1.165) is 5.56 Å². The van der Waals surface area contributed by atoms with Crippen molar-refractivity contribution >= 4 is 23.6 Å². The third-order valence-electron chi connectivity index (χ3n) is 3.82. The summed E-state index contributed by atoms with van der Waals surface area (Å²) >= 11 is 0. The van der Waals surface area contributed by atoms with Crippen molar-refractivity contribution in [2.45, 2.75) is 0 Å². The number of nitrogens with one attached hydrogen (secondary N) is 2. The molecule has 148 valence electrons. The lowest BCUT2D eigenvalue weighted by Gasteiger charge is -2.08. The highest BCUT2D eigenvalue weighted by molar-refractivity contribution is 6.03. The molecule has 2 aromatic rings. The van der Waals surface area contributed by atoms with Crippen molar-refractivity contribution < 1.29 is 23.8 Å². The molecular weight excluding hydrogens is 360 g/mol. The van der Waals surface area contributed by atoms with Crippen molar-refractivity contribution in [3.8, 4) is 11.5 Å². The lowest BCUT2D eigenvalue weighted by molar-refractivity contribution is -0.111. The third-order valence-corrected chi connectivity index (χ3v) is 3.82. The van der Waals surface area contributed by atoms with Gasteiger partial charge < -0.3 is 24.8 Å². The Hall–Kier alpha value is -3.32. The SMILES string of the molecule is COCCNC(=O)c1cccc(NC(=O)/C=C/c2ccc(OC)c(OC)c2)c1. The van der Waals surface area contributed by atoms with Crippen LogP contribution < -0.4 is 20.1 Å². The molecule has 2 N–H and O–H groups in total. The quantitative estimate of drug-likeness (QED) is 0.513. The van der Waals surface area contributed by atoms with Crippen molar-refractivity contribution in [1.29, 1.82) is 0 Å². The first-order valence-electron chi connectivity index (χ1n) is 8.65. The molecule has 0 aliphatic heterocycles. The molecule has 2 rings (SSSR count). The van der Waals surface area contributed by atoms with Gasteiger partial charge in [-0.2, -0.15) is 0 Å². The molecule has 0 saturated heterocycles. The van der Waals surface area contributed by atoms with Crippen LogP contribution in [0.5, 0.6) is 11.5 Å². The number of benzene rings is 2. The molecule has 0 bridgehead atoms. The molecule has 0 aromatic heterocycles. The largest absolute Gasteiger partial charge is 0.493 e. The smallest absolute Gasteiger partial charge is 0.251 e. The van der Waals surface area contributed by atoms with E-state index in [-0.39, 0.29) is 11.8 Å². The van der Waals surface area contributed by atoms with Gasteiger partial charge in [-0.15, -0.1) is 0 Å². The minimum atomic E-state index is -0.313. The van der Waals surface area contributed by atoms with E-state index in [2.05, 4.69) is 10.6 Å². The zero-order chi connectivity index (χ0) is 20.4. The Kier molecular flexibility index (Phi) is 8.05. The maximum Gasteiger partial charge on any atom is 0.251 e. The molecule has 0 heterocycles. The van der Waals surface area contributed by atoms with Gasteiger partial charge in [0.05, 0.1) is 20.8 Å². The summed E-state index contributed by atoms with van der Waals surface area (Å²) < 4.78 is 15.3. The van der Waals surface area contributed by atoms with Gasteiger partial charge in [0.2, 0.25) is 5.91 Å². The van der Waals surface area contributed by atoms with E-state index in [0.29, 0.717) is 35.9 Å². The first kappa shape index (κ1) is 21.0. The Morgan fingerprint density at radius 2 is 1.79 bits per heavy atom. The fourth-order valence-corrected chi connectivity index (χ4v) is 2.42. The van der Waals surface area contributed by atoms with E-state index in [1.807, 2.05) is 6.07 Å². The van der Waals surface area contributed by atoms with E-state index in [4.69, 9.17) is 14.2 Å². The Balaban J connectivity index is 2.00. The number of amides is 2. The average Bonchev–Trinajstić information content (AvgIpc) is 2.72. The summed E-state index contributed by atoms with van der Waals surface area (Å²) in [6.07, 6.45) is 3.07. The van der Waals surface area contributed by atoms with E-state index in [1.54, 1.807) is 63.8 Å². The van der Waals surface area contributed by atoms with Crippen LogP contribution in [0.25, 0.3) is 6.08 Å². The molecule has 7 nitrogen and oxygen atoms in total. The topological polar surface area (TPSA) is 85.9 Å². The van der Waals surface area contributed by atoms with Gasteiger partial charge >= 0.3 is 0 Å². The van der Waals surface area contributed by atoms with Crippen LogP contribution in [-0.2, 0) is 9.53 Å². The highest BCUT2D eigenvalue weighted by Crippen LogP contribution is 2.27. The van der Waals surface area contributed by atoms with Gasteiger partial charge in [-0.1, -0.05) is 12.1 Å². The van der Waals surface area contributed by atoms with Gasteiger partial charge in [0.15, 0.2) is 11.5 Å². The molecule has 0 atom stereocenters. The molecule has 7 heteroatoms. The standard InChI is InChI=1S/C21H24N2O5/c1-26-12-11-22-21(25)16-5-4-6-17(14-16)23-20(24)10-8-15-7-9-18(27-2)19(13-15)28-3/h4-10,13-14H,11-12H2,1-3H3,(H,22,25)(H,23,24)/b10-8+. The fourth-order valence-electron chi connectivity index (χ4n) is 2.42. The van der Waals surface area contributed by atoms with Crippen molar-refractivity contribution in [1.82, 2.24) is 5.32 Å². The number of carbonyl (C=O) groups excluding carboxylic acids is 2. The summed E-state index contributed by atoms with van der Waals surface area (Å²) in [4.78, 5) is 24.2. The van der Waals surface area contributed by atoms with Gasteiger partial charge in [-0.25, -0.2) is 0 Å². The van der Waals surface area contributed by atoms with Crippen molar-refractivity contribution in [3.05, 3.63) is 59.7 Å². The number of hydrogen-bond donors (Lipinski definition) is 2. The fraction of sp³-hybridized carbons (Fsp3) is 0.238. The summed E-state index contributed by atoms with van der Waals surface area (Å²) in [5.41, 5.74) is 1.78. The van der Waals surface area contributed by atoms with Crippen LogP contribution in [0.15, 0.2) is 48.5 Å². The van der Waals surface area contributed by atoms with Crippen molar-refractivity contribution in [3.63, 3.8) is 0 Å². The van der Waals surface area contributed by atoms with Crippen LogP contribution in [0.1, 0.15) is 15.9 Å². The highest BCUT2D eigenvalue weighted by Gasteiger charge is 2.07. The van der Waals surface area contributed by atoms with Gasteiger partial charge in [-0.3, -0.25) is 9.59 Å². The number of rotatable bonds is 9. The second kappa shape index (κ2) is 10.7. The van der Waals surface area contributed by atoms with E-state index < -0.39 is 0 Å². The summed E-state index contributed by atoms with van der Waals surface area (Å²) in [5, 5.41) is 5.47. The van der Waals surface area contributed by atoms with Gasteiger partial charge in [-0.05, 0) is 42.0 Å². The lowest BCUT2D eigenvalue weighted by atomic mass is 10.1. The molecule has 2 aromatic carbocycles. The Bertz CT molecular complexity index is 848. The lowest BCUT2D eigenvalue weighted by Crippen LogP contribution is -2.27. The number of methoxy groups -OCH3 is 3. The second-order valence-corrected chi connectivity index (χ2v) is 5.77. The third kappa shape index (κ3) is 6.14. The normalized spacial score (nSPS) is 10.5. The van der Waals surface area contributed by atoms with Crippen LogP contribution in [0, 0.1) is 0 Å². The first-order chi connectivity index (χ1) is 13.6. The van der Waals surface area contributed by atoms with Gasteiger partial charge in [0, 0.05) is 31.0 Å². The highest BCUT2D eigenvalue weighted by atomic mass is 16.5. The molecule has 0 aliphatic carbocycles. The zero-order valence-electron chi connectivity index (χ0n) is 16.2. The van der Waals surface area contributed by atoms with Crippen molar-refractivity contribution in [2.24, 2.45) is 0 Å². The Morgan fingerprint density at radius 3 is 2.50 bits per heavy atom. The second-order valence-electron chi connectivity index (χ2n) is 5.77. The van der Waals surface area contributed by atoms with E-state index >= 15 is 0 Å². The molecule has 0 spiro atoms. The molecule has 0 radical (unpaired) electrons. The van der Waals surface area contributed by atoms with Crippen LogP contribution in [0.2, 0.25) is 0 Å². The van der Waals surface area contributed by atoms with Crippen LogP contribution in [0.3, 0.4) is 0 Å². The maximum absolute atomic E-state index is 12.2. The molecule has 0 unspecified atom stereocenters. The van der Waals surface area contributed by atoms with Crippen LogP contribution in [0.4, 0.5) is 5.69 Å². The minimum Gasteiger partial charge on any atom is -0.493 e. The average molecular weight is 384 g/mol. The van der Waals surface area contributed by atoms with E-state index in [9.17, 15) is 9.59 Å². The Labute approximate surface area is 164 Å². The minimum absolute atomic E-state index is 0.228. The van der Waals surface area contributed by atoms with Crippen molar-refractivity contribution in [2.75, 3.05) is 39.8 Å². The molecule has 0 saturated carbocycles. The number of ether oxygens (including phenoxy) is 3. The van der Waals surface area contributed by atoms with E-state index in [1.165, 1.54) is 6.08 Å². The summed E-state index contributed by atoms with van der Waals surface area (Å²) in [7, 11) is 4.68. The number of carbonyl (C=O) groups is 2. The maximum atomic E-state index is 12.2. The van der Waals surface area contributed by atoms with Crippen LogP contribution >= 0.6 is 0 Å². The monoisotopic (exact) mass is 384 g/mol. The Morgan fingerprint density at radius 1 is 1.00 bits per heavy atom. The van der Waals surface area contributed by atoms with Gasteiger partial charge in [0.1, 0.15) is 0 Å². The molecular formula is C21H24N2O5. The molecule has 0 fully saturated rings. The molecule has 0 aliphatic rings. The zero-order valence-corrected chi connectivity index (χ0v) is 16.2. The summed E-state index contributed by atoms with van der Waals surface area (Å²) in [6, 6.07) is 12.1. The molecule has 28 heavy (non-hydrogen) atoms. The predicted octanol–water partition coefficient (Wildman–Crippen LogP) is 2.73. The summed E-state index contributed by atoms with van der Waals surface area (Å²) in [5.74, 6) is 0.655. The molecule has 2 amide bonds. The predicted molar refractivity (Wildman–Crippen MR) is 108 cm³/mol. The number of hydrogen-bond acceptors (Lipinski definition) is 5. The van der Waals surface area contributed by atoms with Crippen LogP contribution in [-0.4, -0.2) is 46.3 Å². The first-order valence-corrected chi connectivity index (χ1v) is 8.65.